The molecule has 12 N–H and O–H groups in total. The first-order valence-electron chi connectivity index (χ1n) is 33.9. The van der Waals surface area contributed by atoms with Gasteiger partial charge in [0.05, 0.1) is 38.6 Å². The lowest BCUT2D eigenvalue weighted by molar-refractivity contribution is -0.379. The molecule has 3 aliphatic rings. The second-order valence-corrected chi connectivity index (χ2v) is 24.2. The normalized spacial score (nSPS) is 29.1. The van der Waals surface area contributed by atoms with Gasteiger partial charge < -0.3 is 89.9 Å². The Kier molecular flexibility index (Phi) is 44.8. The smallest absolute Gasteiger partial charge is 0.220 e. The summed E-state index contributed by atoms with van der Waals surface area (Å²) in [7, 11) is 0. The summed E-state index contributed by atoms with van der Waals surface area (Å²) in [5.41, 5.74) is 0. The molecule has 0 aromatic carbocycles. The molecule has 86 heavy (non-hydrogen) atoms. The van der Waals surface area contributed by atoms with E-state index in [-0.39, 0.29) is 18.9 Å². The summed E-state index contributed by atoms with van der Waals surface area (Å²) in [5.74, 6) is -0.290. The van der Waals surface area contributed by atoms with Crippen molar-refractivity contribution in [2.75, 3.05) is 26.4 Å². The molecule has 17 atom stereocenters. The fourth-order valence-electron chi connectivity index (χ4n) is 11.3. The van der Waals surface area contributed by atoms with Gasteiger partial charge in [0.15, 0.2) is 18.9 Å². The maximum Gasteiger partial charge on any atom is 0.220 e. The highest BCUT2D eigenvalue weighted by Crippen LogP contribution is 2.33. The minimum atomic E-state index is -1.98. The maximum atomic E-state index is 13.3. The standard InChI is InChI=1S/C67H121NO18/c1-3-5-7-9-11-13-15-16-17-18-19-20-21-22-23-24-25-26-27-28-29-30-31-32-33-34-35-37-39-41-43-45-55(73)68-50(51(72)44-42-40-38-36-14-12-10-8-6-4-2)49-81-65-61(79)58(76)63(53(47-70)83-65)86-67-62(80)59(77)64(54(48-71)84-67)85-66-60(78)57(75)56(74)52(46-69)82-66/h6,8,14,18-19,36,42,44,50-54,56-67,69-72,74-80H,3-5,7,9-13,15-17,20-35,37-41,43,45-49H2,1-2H3,(H,68,73)/b8-6+,19-18-,36-14+,44-42+. The number of ether oxygens (including phenoxy) is 6. The number of allylic oxidation sites excluding steroid dienone is 7. The first kappa shape index (κ1) is 78.0. The Morgan fingerprint density at radius 2 is 0.779 bits per heavy atom. The molecule has 1 amide bonds. The molecule has 19 heteroatoms. The summed E-state index contributed by atoms with van der Waals surface area (Å²) in [6.45, 7) is 1.57. The molecular formula is C67H121NO18. The molecule has 3 rings (SSSR count). The zero-order valence-electron chi connectivity index (χ0n) is 52.8. The van der Waals surface area contributed by atoms with E-state index in [1.165, 1.54) is 161 Å². The van der Waals surface area contributed by atoms with Gasteiger partial charge in [-0.2, -0.15) is 0 Å². The number of aliphatic hydroxyl groups excluding tert-OH is 11. The predicted octanol–water partition coefficient (Wildman–Crippen LogP) is 8.22. The van der Waals surface area contributed by atoms with Crippen molar-refractivity contribution in [2.45, 2.75) is 343 Å². The Balaban J connectivity index is 1.35. The number of rotatable bonds is 51. The summed E-state index contributed by atoms with van der Waals surface area (Å²) in [6, 6.07) is -0.994. The molecule has 3 saturated heterocycles. The molecule has 0 bridgehead atoms. The van der Waals surface area contributed by atoms with Crippen LogP contribution in [0.1, 0.15) is 239 Å². The van der Waals surface area contributed by atoms with Crippen LogP contribution in [-0.2, 0) is 33.2 Å². The molecule has 0 spiro atoms. The third-order valence-electron chi connectivity index (χ3n) is 16.8. The van der Waals surface area contributed by atoms with Gasteiger partial charge in [-0.3, -0.25) is 4.79 Å². The number of aliphatic hydroxyl groups is 11. The van der Waals surface area contributed by atoms with Crippen molar-refractivity contribution in [1.29, 1.82) is 0 Å². The van der Waals surface area contributed by atoms with E-state index < -0.39 is 124 Å². The van der Waals surface area contributed by atoms with Gasteiger partial charge in [-0.1, -0.05) is 217 Å². The van der Waals surface area contributed by atoms with Gasteiger partial charge in [0.2, 0.25) is 5.91 Å². The number of carbonyl (C=O) groups excluding carboxylic acids is 1. The van der Waals surface area contributed by atoms with E-state index in [1.807, 2.05) is 6.08 Å². The first-order valence-corrected chi connectivity index (χ1v) is 33.9. The summed E-state index contributed by atoms with van der Waals surface area (Å²) in [5, 5.41) is 120. The number of hydrogen-bond donors (Lipinski definition) is 12. The van der Waals surface area contributed by atoms with Crippen LogP contribution in [0.25, 0.3) is 0 Å². The number of nitrogens with one attached hydrogen (secondary N) is 1. The number of carbonyl (C=O) groups is 1. The van der Waals surface area contributed by atoms with E-state index in [0.29, 0.717) is 12.8 Å². The molecule has 0 saturated carbocycles. The molecule has 3 aliphatic heterocycles. The summed E-state index contributed by atoms with van der Waals surface area (Å²) >= 11 is 0. The highest BCUT2D eigenvalue weighted by molar-refractivity contribution is 5.76. The molecule has 502 valence electrons. The van der Waals surface area contributed by atoms with E-state index in [1.54, 1.807) is 6.08 Å². The number of amides is 1. The van der Waals surface area contributed by atoms with Crippen LogP contribution in [0, 0.1) is 0 Å². The molecule has 3 heterocycles. The summed E-state index contributed by atoms with van der Waals surface area (Å²) < 4.78 is 34.2. The van der Waals surface area contributed by atoms with E-state index in [4.69, 9.17) is 28.4 Å². The van der Waals surface area contributed by atoms with Crippen molar-refractivity contribution < 1.29 is 89.4 Å². The monoisotopic (exact) mass is 1230 g/mol. The second kappa shape index (κ2) is 49.5. The zero-order chi connectivity index (χ0) is 62.6. The zero-order valence-corrected chi connectivity index (χ0v) is 52.8. The number of unbranched alkanes of at least 4 members (excludes halogenated alkanes) is 29. The molecule has 17 unspecified atom stereocenters. The fraction of sp³-hybridized carbons (Fsp3) is 0.866. The molecule has 0 aromatic heterocycles. The lowest BCUT2D eigenvalue weighted by Crippen LogP contribution is -2.66. The van der Waals surface area contributed by atoms with E-state index in [2.05, 4.69) is 55.6 Å². The molecule has 3 fully saturated rings. The Hall–Kier alpha value is -2.25. The Bertz CT molecular complexity index is 1750. The van der Waals surface area contributed by atoms with Crippen LogP contribution in [0.5, 0.6) is 0 Å². The number of hydrogen-bond acceptors (Lipinski definition) is 18. The molecule has 0 radical (unpaired) electrons. The maximum absolute atomic E-state index is 13.3. The van der Waals surface area contributed by atoms with Crippen molar-refractivity contribution in [2.24, 2.45) is 0 Å². The fourth-order valence-corrected chi connectivity index (χ4v) is 11.3. The Morgan fingerprint density at radius 1 is 0.419 bits per heavy atom. The van der Waals surface area contributed by atoms with Crippen molar-refractivity contribution in [3.8, 4) is 0 Å². The van der Waals surface area contributed by atoms with Crippen LogP contribution in [-0.4, -0.2) is 193 Å². The highest BCUT2D eigenvalue weighted by atomic mass is 16.8. The highest BCUT2D eigenvalue weighted by Gasteiger charge is 2.53. The van der Waals surface area contributed by atoms with Crippen LogP contribution >= 0.6 is 0 Å². The van der Waals surface area contributed by atoms with Gasteiger partial charge in [-0.05, 0) is 64.2 Å². The van der Waals surface area contributed by atoms with Crippen LogP contribution in [0.15, 0.2) is 48.6 Å². The van der Waals surface area contributed by atoms with Gasteiger partial charge in [-0.15, -0.1) is 0 Å². The van der Waals surface area contributed by atoms with Gasteiger partial charge in [0.1, 0.15) is 73.2 Å². The predicted molar refractivity (Wildman–Crippen MR) is 332 cm³/mol. The molecule has 0 aliphatic carbocycles. The van der Waals surface area contributed by atoms with Gasteiger partial charge in [0.25, 0.3) is 0 Å². The molecular weight excluding hydrogens is 1110 g/mol. The summed E-state index contributed by atoms with van der Waals surface area (Å²) in [6.07, 6.45) is 31.5. The minimum Gasteiger partial charge on any atom is -0.394 e. The molecule has 0 aromatic rings. The lowest BCUT2D eigenvalue weighted by Gasteiger charge is -2.48. The van der Waals surface area contributed by atoms with Gasteiger partial charge >= 0.3 is 0 Å². The first-order chi connectivity index (χ1) is 41.8. The van der Waals surface area contributed by atoms with Crippen molar-refractivity contribution >= 4 is 5.91 Å². The SMILES string of the molecule is CC/C=C/CC/C=C/CC/C=C/C(O)C(COC1OC(CO)C(OC2OC(CO)C(OC3OC(CO)C(O)C(O)C3O)C(O)C2O)C(O)C1O)NC(=O)CCCCCCCCCCCCCCCCCCCCC/C=C\CCCCCCCCCC. The van der Waals surface area contributed by atoms with Crippen LogP contribution in [0.3, 0.4) is 0 Å². The van der Waals surface area contributed by atoms with Crippen LogP contribution in [0.2, 0.25) is 0 Å². The third-order valence-corrected chi connectivity index (χ3v) is 16.8. The summed E-state index contributed by atoms with van der Waals surface area (Å²) in [4.78, 5) is 13.3. The topological polar surface area (TPSA) is 307 Å². The van der Waals surface area contributed by atoms with Gasteiger partial charge in [-0.25, -0.2) is 0 Å². The second-order valence-electron chi connectivity index (χ2n) is 24.2. The van der Waals surface area contributed by atoms with E-state index >= 15 is 0 Å². The van der Waals surface area contributed by atoms with E-state index in [9.17, 15) is 61.0 Å². The average Bonchev–Trinajstić information content (AvgIpc) is 2.05. The van der Waals surface area contributed by atoms with Crippen molar-refractivity contribution in [3.63, 3.8) is 0 Å². The van der Waals surface area contributed by atoms with Crippen molar-refractivity contribution in [3.05, 3.63) is 48.6 Å². The van der Waals surface area contributed by atoms with Crippen LogP contribution < -0.4 is 5.32 Å². The minimum absolute atomic E-state index is 0.233. The van der Waals surface area contributed by atoms with Gasteiger partial charge in [0, 0.05) is 6.42 Å². The average molecular weight is 1230 g/mol. The van der Waals surface area contributed by atoms with Crippen molar-refractivity contribution in [1.82, 2.24) is 5.32 Å². The van der Waals surface area contributed by atoms with E-state index in [0.717, 1.165) is 44.9 Å². The Labute approximate surface area is 516 Å². The lowest BCUT2D eigenvalue weighted by atomic mass is 9.96. The largest absolute Gasteiger partial charge is 0.394 e. The quantitative estimate of drug-likeness (QED) is 0.0202. The molecule has 19 nitrogen and oxygen atoms in total. The van der Waals surface area contributed by atoms with Crippen LogP contribution in [0.4, 0.5) is 0 Å². The Morgan fingerprint density at radius 3 is 1.22 bits per heavy atom. The third kappa shape index (κ3) is 31.7.